The normalized spacial score (nSPS) is 10.2. The molecule has 0 aliphatic heterocycles. The van der Waals surface area contributed by atoms with Gasteiger partial charge in [-0.05, 0) is 41.9 Å². The van der Waals surface area contributed by atoms with E-state index in [9.17, 15) is 14.9 Å². The van der Waals surface area contributed by atoms with Crippen LogP contribution in [0.2, 0.25) is 0 Å². The van der Waals surface area contributed by atoms with E-state index in [1.54, 1.807) is 0 Å². The predicted octanol–water partition coefficient (Wildman–Crippen LogP) is 3.36. The van der Waals surface area contributed by atoms with Gasteiger partial charge in [0.1, 0.15) is 5.75 Å². The second kappa shape index (κ2) is 8.95. The fraction of sp³-hybridized carbons (Fsp3) is 0.222. The van der Waals surface area contributed by atoms with Crippen molar-refractivity contribution in [1.29, 1.82) is 0 Å². The Hall–Kier alpha value is -3.20. The predicted molar refractivity (Wildman–Crippen MR) is 107 cm³/mol. The molecule has 9 heteroatoms. The number of hydrogen-bond donors (Lipinski definition) is 3. The molecule has 0 radical (unpaired) electrons. The number of nitro groups is 1. The Morgan fingerprint density at radius 1 is 1.15 bits per heavy atom. The Morgan fingerprint density at radius 3 is 2.37 bits per heavy atom. The summed E-state index contributed by atoms with van der Waals surface area (Å²) in [5, 5.41) is 14.0. The standard InChI is InChI=1S/C18H20N4O4S/c1-11(2)12-4-6-13(7-5-12)19-18(27)21-20-17(23)15-10-14(22(24)25)8-9-16(15)26-3/h4-11H,1-3H3,(H,20,23)(H2,19,21,27). The number of hydrogen-bond acceptors (Lipinski definition) is 5. The number of anilines is 1. The van der Waals surface area contributed by atoms with Crippen LogP contribution in [0.1, 0.15) is 35.7 Å². The molecule has 27 heavy (non-hydrogen) atoms. The molecule has 0 aliphatic rings. The Labute approximate surface area is 162 Å². The number of ether oxygens (including phenoxy) is 1. The van der Waals surface area contributed by atoms with Gasteiger partial charge in [-0.2, -0.15) is 0 Å². The highest BCUT2D eigenvalue weighted by Crippen LogP contribution is 2.23. The average molecular weight is 388 g/mol. The lowest BCUT2D eigenvalue weighted by molar-refractivity contribution is -0.384. The molecule has 2 rings (SSSR count). The van der Waals surface area contributed by atoms with Crippen molar-refractivity contribution in [3.05, 3.63) is 63.7 Å². The third-order valence-corrected chi connectivity index (χ3v) is 3.97. The summed E-state index contributed by atoms with van der Waals surface area (Å²) in [6, 6.07) is 11.5. The molecule has 1 amide bonds. The molecule has 2 aromatic carbocycles. The van der Waals surface area contributed by atoms with E-state index in [0.717, 1.165) is 11.8 Å². The molecule has 142 valence electrons. The molecule has 0 saturated heterocycles. The van der Waals surface area contributed by atoms with Crippen LogP contribution in [-0.4, -0.2) is 23.1 Å². The van der Waals surface area contributed by atoms with Crippen molar-refractivity contribution in [3.8, 4) is 5.75 Å². The first-order valence-corrected chi connectivity index (χ1v) is 8.52. The zero-order chi connectivity index (χ0) is 20.0. The smallest absolute Gasteiger partial charge is 0.273 e. The lowest BCUT2D eigenvalue weighted by Gasteiger charge is -2.13. The number of nitrogens with zero attached hydrogens (tertiary/aromatic N) is 1. The quantitative estimate of drug-likeness (QED) is 0.410. The van der Waals surface area contributed by atoms with Crippen LogP contribution < -0.4 is 20.9 Å². The van der Waals surface area contributed by atoms with Gasteiger partial charge in [-0.25, -0.2) is 0 Å². The van der Waals surface area contributed by atoms with Crippen molar-refractivity contribution in [1.82, 2.24) is 10.9 Å². The van der Waals surface area contributed by atoms with Gasteiger partial charge in [0, 0.05) is 17.8 Å². The topological polar surface area (TPSA) is 106 Å². The lowest BCUT2D eigenvalue weighted by atomic mass is 10.0. The maximum Gasteiger partial charge on any atom is 0.273 e. The van der Waals surface area contributed by atoms with Gasteiger partial charge in [-0.3, -0.25) is 25.8 Å². The van der Waals surface area contributed by atoms with E-state index < -0.39 is 10.8 Å². The number of rotatable bonds is 5. The molecule has 3 N–H and O–H groups in total. The SMILES string of the molecule is COc1ccc([N+](=O)[O-])cc1C(=O)NNC(=S)Nc1ccc(C(C)C)cc1. The van der Waals surface area contributed by atoms with Gasteiger partial charge in [0.2, 0.25) is 0 Å². The molecule has 0 unspecified atom stereocenters. The van der Waals surface area contributed by atoms with Crippen LogP contribution in [0.25, 0.3) is 0 Å². The van der Waals surface area contributed by atoms with Gasteiger partial charge in [0.05, 0.1) is 17.6 Å². The van der Waals surface area contributed by atoms with Crippen molar-refractivity contribution in [3.63, 3.8) is 0 Å². The Kier molecular flexibility index (Phi) is 6.67. The highest BCUT2D eigenvalue weighted by atomic mass is 32.1. The largest absolute Gasteiger partial charge is 0.496 e. The lowest BCUT2D eigenvalue weighted by Crippen LogP contribution is -2.43. The number of carbonyl (C=O) groups is 1. The minimum Gasteiger partial charge on any atom is -0.496 e. The minimum atomic E-state index is -0.616. The van der Waals surface area contributed by atoms with Gasteiger partial charge in [-0.1, -0.05) is 26.0 Å². The maximum absolute atomic E-state index is 12.3. The van der Waals surface area contributed by atoms with Crippen LogP contribution in [0.3, 0.4) is 0 Å². The number of thiocarbonyl (C=S) groups is 1. The Morgan fingerprint density at radius 2 is 1.81 bits per heavy atom. The maximum atomic E-state index is 12.3. The molecule has 0 atom stereocenters. The fourth-order valence-electron chi connectivity index (χ4n) is 2.28. The molecule has 0 heterocycles. The van der Waals surface area contributed by atoms with Crippen molar-refractivity contribution in [2.45, 2.75) is 19.8 Å². The number of benzene rings is 2. The summed E-state index contributed by atoms with van der Waals surface area (Å²) < 4.78 is 5.07. The molecule has 8 nitrogen and oxygen atoms in total. The van der Waals surface area contributed by atoms with E-state index in [0.29, 0.717) is 5.92 Å². The summed E-state index contributed by atoms with van der Waals surface area (Å²) in [5.41, 5.74) is 6.72. The summed E-state index contributed by atoms with van der Waals surface area (Å²) >= 11 is 5.14. The first-order chi connectivity index (χ1) is 12.8. The Balaban J connectivity index is 1.99. The van der Waals surface area contributed by atoms with Crippen molar-refractivity contribution < 1.29 is 14.5 Å². The van der Waals surface area contributed by atoms with Gasteiger partial charge in [-0.15, -0.1) is 0 Å². The summed E-state index contributed by atoms with van der Waals surface area (Å²) in [4.78, 5) is 22.6. The summed E-state index contributed by atoms with van der Waals surface area (Å²) in [6.45, 7) is 4.21. The van der Waals surface area contributed by atoms with E-state index in [-0.39, 0.29) is 22.1 Å². The molecule has 0 saturated carbocycles. The highest BCUT2D eigenvalue weighted by molar-refractivity contribution is 7.80. The number of carbonyl (C=O) groups excluding carboxylic acids is 1. The highest BCUT2D eigenvalue weighted by Gasteiger charge is 2.17. The van der Waals surface area contributed by atoms with Crippen LogP contribution in [0.4, 0.5) is 11.4 Å². The second-order valence-corrected chi connectivity index (χ2v) is 6.36. The van der Waals surface area contributed by atoms with Crippen molar-refractivity contribution >= 4 is 34.6 Å². The summed E-state index contributed by atoms with van der Waals surface area (Å²) in [5.74, 6) is 0.0197. The molecule has 0 aromatic heterocycles. The molecular formula is C18H20N4O4S. The van der Waals surface area contributed by atoms with E-state index in [2.05, 4.69) is 30.0 Å². The molecular weight excluding hydrogens is 368 g/mol. The zero-order valence-electron chi connectivity index (χ0n) is 15.1. The first kappa shape index (κ1) is 20.1. The van der Waals surface area contributed by atoms with Crippen LogP contribution in [-0.2, 0) is 0 Å². The minimum absolute atomic E-state index is 0.0169. The molecule has 0 spiro atoms. The van der Waals surface area contributed by atoms with Crippen LogP contribution in [0, 0.1) is 10.1 Å². The zero-order valence-corrected chi connectivity index (χ0v) is 15.9. The van der Waals surface area contributed by atoms with Crippen LogP contribution in [0.5, 0.6) is 5.75 Å². The van der Waals surface area contributed by atoms with E-state index in [1.165, 1.54) is 24.8 Å². The van der Waals surface area contributed by atoms with Gasteiger partial charge >= 0.3 is 0 Å². The average Bonchev–Trinajstić information content (AvgIpc) is 2.65. The summed E-state index contributed by atoms with van der Waals surface area (Å²) in [6.07, 6.45) is 0. The van der Waals surface area contributed by atoms with Crippen LogP contribution in [0.15, 0.2) is 42.5 Å². The Bertz CT molecular complexity index is 853. The van der Waals surface area contributed by atoms with E-state index in [4.69, 9.17) is 17.0 Å². The van der Waals surface area contributed by atoms with Gasteiger partial charge < -0.3 is 10.1 Å². The molecule has 2 aromatic rings. The van der Waals surface area contributed by atoms with Gasteiger partial charge in [0.15, 0.2) is 5.11 Å². The molecule has 0 fully saturated rings. The molecule has 0 bridgehead atoms. The number of nitrogens with one attached hydrogen (secondary N) is 3. The number of non-ortho nitro benzene ring substituents is 1. The number of hydrazine groups is 1. The monoisotopic (exact) mass is 388 g/mol. The number of methoxy groups -OCH3 is 1. The van der Waals surface area contributed by atoms with Crippen molar-refractivity contribution in [2.24, 2.45) is 0 Å². The van der Waals surface area contributed by atoms with Crippen molar-refractivity contribution in [2.75, 3.05) is 12.4 Å². The third-order valence-electron chi connectivity index (χ3n) is 3.76. The fourth-order valence-corrected chi connectivity index (χ4v) is 2.45. The summed E-state index contributed by atoms with van der Waals surface area (Å²) in [7, 11) is 1.37. The molecule has 0 aliphatic carbocycles. The number of nitro benzene ring substituents is 1. The van der Waals surface area contributed by atoms with Crippen LogP contribution >= 0.6 is 12.2 Å². The third kappa shape index (κ3) is 5.38. The number of amides is 1. The van der Waals surface area contributed by atoms with E-state index >= 15 is 0 Å². The second-order valence-electron chi connectivity index (χ2n) is 5.95. The van der Waals surface area contributed by atoms with Gasteiger partial charge in [0.25, 0.3) is 11.6 Å². The first-order valence-electron chi connectivity index (χ1n) is 8.11. The van der Waals surface area contributed by atoms with E-state index in [1.807, 2.05) is 24.3 Å².